The highest BCUT2D eigenvalue weighted by Gasteiger charge is 2.31. The van der Waals surface area contributed by atoms with Crippen molar-refractivity contribution in [3.05, 3.63) is 52.8 Å². The molecule has 0 bridgehead atoms. The van der Waals surface area contributed by atoms with E-state index >= 15 is 0 Å². The molecule has 6 nitrogen and oxygen atoms in total. The van der Waals surface area contributed by atoms with Crippen LogP contribution in [0.15, 0.2) is 41.3 Å². The van der Waals surface area contributed by atoms with E-state index in [0.29, 0.717) is 43.5 Å². The summed E-state index contributed by atoms with van der Waals surface area (Å²) in [7, 11) is -0.802. The second kappa shape index (κ2) is 8.65. The van der Waals surface area contributed by atoms with E-state index in [-0.39, 0.29) is 16.5 Å². The van der Waals surface area contributed by atoms with Crippen LogP contribution in [-0.4, -0.2) is 58.0 Å². The van der Waals surface area contributed by atoms with Gasteiger partial charge in [0.2, 0.25) is 10.0 Å². The van der Waals surface area contributed by atoms with E-state index in [0.717, 1.165) is 5.56 Å². The second-order valence-corrected chi connectivity index (χ2v) is 8.75. The molecule has 1 fully saturated rings. The molecule has 0 atom stereocenters. The summed E-state index contributed by atoms with van der Waals surface area (Å²) in [6.07, 6.45) is 0. The fraction of sp³-hybridized carbons (Fsp3) is 0.368. The number of hydrogen-bond acceptors (Lipinski definition) is 5. The molecule has 0 aromatic heterocycles. The molecule has 2 aromatic rings. The molecule has 0 saturated carbocycles. The summed E-state index contributed by atoms with van der Waals surface area (Å²) in [5.74, 6) is 0.349. The zero-order valence-electron chi connectivity index (χ0n) is 15.7. The van der Waals surface area contributed by atoms with Gasteiger partial charge in [0.15, 0.2) is 0 Å². The Morgan fingerprint density at radius 2 is 1.75 bits per heavy atom. The molecule has 0 spiro atoms. The summed E-state index contributed by atoms with van der Waals surface area (Å²) in [4.78, 5) is 2.18. The molecule has 0 radical (unpaired) electrons. The standard InChI is InChI=1S/C19H22ClFN2O4S/c1-26-16-5-6-18(27-2)19(12-16)28(24,25)23-9-7-22(8-10-23)13-14-3-4-15(21)11-17(14)20/h3-6,11-12H,7-10,13H2,1-2H3. The van der Waals surface area contributed by atoms with Gasteiger partial charge in [-0.1, -0.05) is 17.7 Å². The fourth-order valence-corrected chi connectivity index (χ4v) is 4.96. The van der Waals surface area contributed by atoms with Crippen molar-refractivity contribution in [2.45, 2.75) is 11.4 Å². The minimum absolute atomic E-state index is 0.0874. The Hall–Kier alpha value is -1.87. The van der Waals surface area contributed by atoms with E-state index in [9.17, 15) is 12.8 Å². The highest BCUT2D eigenvalue weighted by atomic mass is 35.5. The van der Waals surface area contributed by atoms with Crippen molar-refractivity contribution in [1.82, 2.24) is 9.21 Å². The Bertz CT molecular complexity index is 947. The topological polar surface area (TPSA) is 59.1 Å². The summed E-state index contributed by atoms with van der Waals surface area (Å²) in [5.41, 5.74) is 0.814. The number of benzene rings is 2. The number of methoxy groups -OCH3 is 2. The first-order chi connectivity index (χ1) is 13.3. The monoisotopic (exact) mass is 428 g/mol. The van der Waals surface area contributed by atoms with Crippen LogP contribution in [0.4, 0.5) is 4.39 Å². The predicted octanol–water partition coefficient (Wildman–Crippen LogP) is 3.00. The van der Waals surface area contributed by atoms with E-state index in [1.54, 1.807) is 18.2 Å². The lowest BCUT2D eigenvalue weighted by Crippen LogP contribution is -2.48. The predicted molar refractivity (Wildman–Crippen MR) is 105 cm³/mol. The van der Waals surface area contributed by atoms with E-state index in [1.807, 2.05) is 0 Å². The largest absolute Gasteiger partial charge is 0.497 e. The lowest BCUT2D eigenvalue weighted by atomic mass is 10.2. The van der Waals surface area contributed by atoms with Gasteiger partial charge >= 0.3 is 0 Å². The van der Waals surface area contributed by atoms with Gasteiger partial charge in [-0.25, -0.2) is 12.8 Å². The molecule has 28 heavy (non-hydrogen) atoms. The molecule has 0 aliphatic carbocycles. The summed E-state index contributed by atoms with van der Waals surface area (Å²) < 4.78 is 51.2. The zero-order valence-corrected chi connectivity index (χ0v) is 17.3. The van der Waals surface area contributed by atoms with Crippen LogP contribution in [0.2, 0.25) is 5.02 Å². The molecule has 9 heteroatoms. The second-order valence-electron chi connectivity index (χ2n) is 6.43. The highest BCUT2D eigenvalue weighted by Crippen LogP contribution is 2.31. The van der Waals surface area contributed by atoms with Crippen LogP contribution in [0, 0.1) is 5.82 Å². The van der Waals surface area contributed by atoms with Crippen LogP contribution in [0.3, 0.4) is 0 Å². The van der Waals surface area contributed by atoms with Gasteiger partial charge < -0.3 is 9.47 Å². The summed E-state index contributed by atoms with van der Waals surface area (Å²) in [6.45, 7) is 2.29. The first-order valence-electron chi connectivity index (χ1n) is 8.73. The van der Waals surface area contributed by atoms with Gasteiger partial charge in [-0.05, 0) is 29.8 Å². The average molecular weight is 429 g/mol. The molecule has 1 aliphatic heterocycles. The molecule has 3 rings (SSSR count). The Kier molecular flexibility index (Phi) is 6.44. The molecule has 2 aromatic carbocycles. The van der Waals surface area contributed by atoms with Crippen molar-refractivity contribution in [2.75, 3.05) is 40.4 Å². The lowest BCUT2D eigenvalue weighted by Gasteiger charge is -2.34. The normalized spacial score (nSPS) is 16.1. The van der Waals surface area contributed by atoms with Crippen LogP contribution >= 0.6 is 11.6 Å². The quantitative estimate of drug-likeness (QED) is 0.707. The number of rotatable bonds is 6. The summed E-state index contributed by atoms with van der Waals surface area (Å²) in [6, 6.07) is 9.02. The Labute approximate surface area is 169 Å². The first-order valence-corrected chi connectivity index (χ1v) is 10.6. The molecule has 1 saturated heterocycles. The summed E-state index contributed by atoms with van der Waals surface area (Å²) >= 11 is 6.09. The SMILES string of the molecule is COc1ccc(OC)c(S(=O)(=O)N2CCN(Cc3ccc(F)cc3Cl)CC2)c1. The van der Waals surface area contributed by atoms with Crippen LogP contribution in [0.5, 0.6) is 11.5 Å². The van der Waals surface area contributed by atoms with Crippen molar-refractivity contribution >= 4 is 21.6 Å². The van der Waals surface area contributed by atoms with Gasteiger partial charge in [0.25, 0.3) is 0 Å². The van der Waals surface area contributed by atoms with Crippen LogP contribution < -0.4 is 9.47 Å². The maximum absolute atomic E-state index is 13.2. The first kappa shape index (κ1) is 20.9. The van der Waals surface area contributed by atoms with Gasteiger partial charge in [0.05, 0.1) is 14.2 Å². The van der Waals surface area contributed by atoms with Gasteiger partial charge in [0.1, 0.15) is 22.2 Å². The highest BCUT2D eigenvalue weighted by molar-refractivity contribution is 7.89. The summed E-state index contributed by atoms with van der Waals surface area (Å²) in [5, 5.41) is 0.371. The molecule has 0 amide bonds. The number of nitrogens with zero attached hydrogens (tertiary/aromatic N) is 2. The van der Waals surface area contributed by atoms with Gasteiger partial charge in [-0.15, -0.1) is 0 Å². The van der Waals surface area contributed by atoms with E-state index in [4.69, 9.17) is 21.1 Å². The number of halogens is 2. The zero-order chi connectivity index (χ0) is 20.3. The van der Waals surface area contributed by atoms with Crippen LogP contribution in [-0.2, 0) is 16.6 Å². The van der Waals surface area contributed by atoms with Crippen molar-refractivity contribution in [1.29, 1.82) is 0 Å². The Morgan fingerprint density at radius 1 is 1.04 bits per heavy atom. The smallest absolute Gasteiger partial charge is 0.246 e. The van der Waals surface area contributed by atoms with Crippen molar-refractivity contribution in [3.63, 3.8) is 0 Å². The van der Waals surface area contributed by atoms with Crippen molar-refractivity contribution in [2.24, 2.45) is 0 Å². The molecule has 152 valence electrons. The number of piperazine rings is 1. The fourth-order valence-electron chi connectivity index (χ4n) is 3.14. The van der Waals surface area contributed by atoms with E-state index in [2.05, 4.69) is 4.90 Å². The maximum atomic E-state index is 13.2. The van der Waals surface area contributed by atoms with Crippen molar-refractivity contribution < 1.29 is 22.3 Å². The van der Waals surface area contributed by atoms with E-state index < -0.39 is 10.0 Å². The molecular formula is C19H22ClFN2O4S. The Morgan fingerprint density at radius 3 is 2.36 bits per heavy atom. The molecule has 1 heterocycles. The lowest BCUT2D eigenvalue weighted by molar-refractivity contribution is 0.181. The van der Waals surface area contributed by atoms with Crippen molar-refractivity contribution in [3.8, 4) is 11.5 Å². The van der Waals surface area contributed by atoms with Crippen LogP contribution in [0.25, 0.3) is 0 Å². The van der Waals surface area contributed by atoms with E-state index in [1.165, 1.54) is 36.7 Å². The van der Waals surface area contributed by atoms with Gasteiger partial charge in [0, 0.05) is 43.8 Å². The maximum Gasteiger partial charge on any atom is 0.246 e. The molecule has 0 N–H and O–H groups in total. The third kappa shape index (κ3) is 4.41. The molecule has 0 unspecified atom stereocenters. The third-order valence-electron chi connectivity index (χ3n) is 4.73. The van der Waals surface area contributed by atoms with Crippen LogP contribution in [0.1, 0.15) is 5.56 Å². The number of sulfonamides is 1. The van der Waals surface area contributed by atoms with Gasteiger partial charge in [-0.2, -0.15) is 4.31 Å². The minimum Gasteiger partial charge on any atom is -0.497 e. The third-order valence-corrected chi connectivity index (χ3v) is 7.00. The van der Waals surface area contributed by atoms with Gasteiger partial charge in [-0.3, -0.25) is 4.90 Å². The Balaban J connectivity index is 1.72. The number of hydrogen-bond donors (Lipinski definition) is 0. The molecular weight excluding hydrogens is 407 g/mol. The molecule has 1 aliphatic rings. The average Bonchev–Trinajstić information content (AvgIpc) is 2.70. The minimum atomic E-state index is -3.72. The number of ether oxygens (including phenoxy) is 2.